The summed E-state index contributed by atoms with van der Waals surface area (Å²) in [5.41, 5.74) is 0. The quantitative estimate of drug-likeness (QED) is 0.878. The van der Waals surface area contributed by atoms with Crippen LogP contribution in [0.2, 0.25) is 0 Å². The van der Waals surface area contributed by atoms with Crippen molar-refractivity contribution >= 4 is 28.4 Å². The number of rotatable bonds is 3. The molecule has 0 amide bonds. The summed E-state index contributed by atoms with van der Waals surface area (Å²) >= 11 is 2.17. The zero-order chi connectivity index (χ0) is 10.7. The molecule has 0 saturated heterocycles. The van der Waals surface area contributed by atoms with Gasteiger partial charge in [-0.3, -0.25) is 0 Å². The van der Waals surface area contributed by atoms with Crippen molar-refractivity contribution in [3.05, 3.63) is 33.9 Å². The van der Waals surface area contributed by atoms with Crippen molar-refractivity contribution in [2.75, 3.05) is 5.32 Å². The Morgan fingerprint density at radius 2 is 2.27 bits per heavy atom. The normalized spacial score (nSPS) is 10.3. The van der Waals surface area contributed by atoms with Gasteiger partial charge in [-0.1, -0.05) is 0 Å². The van der Waals surface area contributed by atoms with Crippen LogP contribution in [0.15, 0.2) is 23.1 Å². The van der Waals surface area contributed by atoms with Crippen LogP contribution in [0.4, 0.5) is 5.82 Å². The van der Waals surface area contributed by atoms with Gasteiger partial charge in [-0.2, -0.15) is 0 Å². The van der Waals surface area contributed by atoms with Crippen LogP contribution in [0.3, 0.4) is 0 Å². The molecular weight excluding hydrogens is 307 g/mol. The van der Waals surface area contributed by atoms with Gasteiger partial charge < -0.3 is 9.73 Å². The van der Waals surface area contributed by atoms with Crippen molar-refractivity contribution in [2.24, 2.45) is 0 Å². The maximum absolute atomic E-state index is 5.33. The number of anilines is 1. The van der Waals surface area contributed by atoms with Crippen molar-refractivity contribution in [3.8, 4) is 0 Å². The van der Waals surface area contributed by atoms with E-state index in [-0.39, 0.29) is 0 Å². The number of aromatic nitrogens is 3. The lowest BCUT2D eigenvalue weighted by Crippen LogP contribution is -2.03. The van der Waals surface area contributed by atoms with E-state index in [1.54, 1.807) is 12.4 Å². The van der Waals surface area contributed by atoms with Gasteiger partial charge in [0.25, 0.3) is 0 Å². The summed E-state index contributed by atoms with van der Waals surface area (Å²) in [5.74, 6) is 2.26. The Balaban J connectivity index is 2.02. The largest absolute Gasteiger partial charge is 0.444 e. The van der Waals surface area contributed by atoms with Crippen LogP contribution in [-0.2, 0) is 6.54 Å². The average molecular weight is 316 g/mol. The van der Waals surface area contributed by atoms with E-state index in [9.17, 15) is 0 Å². The fourth-order valence-electron chi connectivity index (χ4n) is 1.09. The van der Waals surface area contributed by atoms with Crippen molar-refractivity contribution in [1.82, 2.24) is 15.0 Å². The minimum atomic E-state index is 0.529. The molecule has 15 heavy (non-hydrogen) atoms. The van der Waals surface area contributed by atoms with Gasteiger partial charge >= 0.3 is 0 Å². The maximum Gasteiger partial charge on any atom is 0.213 e. The van der Waals surface area contributed by atoms with Gasteiger partial charge in [0.2, 0.25) is 5.89 Å². The predicted octanol–water partition coefficient (Wildman–Crippen LogP) is 1.99. The highest BCUT2D eigenvalue weighted by molar-refractivity contribution is 14.1. The Bertz CT molecular complexity index is 457. The summed E-state index contributed by atoms with van der Waals surface area (Å²) in [6, 6.07) is 0. The SMILES string of the molecule is Cc1cnc(CNc2ncncc2I)o1. The van der Waals surface area contributed by atoms with Gasteiger partial charge in [0, 0.05) is 6.20 Å². The van der Waals surface area contributed by atoms with Gasteiger partial charge in [0.05, 0.1) is 16.3 Å². The molecule has 0 radical (unpaired) electrons. The number of oxazole rings is 1. The monoisotopic (exact) mass is 316 g/mol. The first kappa shape index (κ1) is 10.3. The van der Waals surface area contributed by atoms with Crippen LogP contribution in [0.1, 0.15) is 11.7 Å². The van der Waals surface area contributed by atoms with Crippen LogP contribution >= 0.6 is 22.6 Å². The number of aryl methyl sites for hydroxylation is 1. The summed E-state index contributed by atoms with van der Waals surface area (Å²) in [6.45, 7) is 2.39. The topological polar surface area (TPSA) is 63.8 Å². The highest BCUT2D eigenvalue weighted by atomic mass is 127. The molecule has 0 aliphatic rings. The van der Waals surface area contributed by atoms with E-state index in [0.717, 1.165) is 15.1 Å². The molecule has 0 aromatic carbocycles. The predicted molar refractivity (Wildman–Crippen MR) is 63.3 cm³/mol. The molecule has 2 aromatic rings. The molecule has 2 aromatic heterocycles. The minimum Gasteiger partial charge on any atom is -0.444 e. The summed E-state index contributed by atoms with van der Waals surface area (Å²) < 4.78 is 6.30. The molecule has 0 bridgehead atoms. The van der Waals surface area contributed by atoms with Gasteiger partial charge in [0.15, 0.2) is 0 Å². The van der Waals surface area contributed by atoms with Gasteiger partial charge in [-0.25, -0.2) is 15.0 Å². The Hall–Kier alpha value is -1.18. The minimum absolute atomic E-state index is 0.529. The van der Waals surface area contributed by atoms with E-state index in [2.05, 4.69) is 42.9 Å². The first-order valence-corrected chi connectivity index (χ1v) is 5.44. The molecule has 78 valence electrons. The number of hydrogen-bond acceptors (Lipinski definition) is 5. The fraction of sp³-hybridized carbons (Fsp3) is 0.222. The summed E-state index contributed by atoms with van der Waals surface area (Å²) in [7, 11) is 0. The summed E-state index contributed by atoms with van der Waals surface area (Å²) in [6.07, 6.45) is 4.95. The zero-order valence-electron chi connectivity index (χ0n) is 8.07. The van der Waals surface area contributed by atoms with Crippen LogP contribution in [-0.4, -0.2) is 15.0 Å². The van der Waals surface area contributed by atoms with Crippen LogP contribution in [0.25, 0.3) is 0 Å². The average Bonchev–Trinajstić information content (AvgIpc) is 2.63. The van der Waals surface area contributed by atoms with Crippen molar-refractivity contribution in [2.45, 2.75) is 13.5 Å². The van der Waals surface area contributed by atoms with E-state index in [1.807, 2.05) is 6.92 Å². The number of nitrogens with zero attached hydrogens (tertiary/aromatic N) is 3. The number of halogens is 1. The summed E-state index contributed by atoms with van der Waals surface area (Å²) in [4.78, 5) is 12.1. The van der Waals surface area contributed by atoms with Crippen LogP contribution in [0, 0.1) is 10.5 Å². The molecule has 5 nitrogen and oxygen atoms in total. The fourth-order valence-corrected chi connectivity index (χ4v) is 1.58. The Kier molecular flexibility index (Phi) is 3.14. The zero-order valence-corrected chi connectivity index (χ0v) is 10.2. The molecule has 0 aliphatic heterocycles. The van der Waals surface area contributed by atoms with E-state index in [1.165, 1.54) is 6.33 Å². The highest BCUT2D eigenvalue weighted by Gasteiger charge is 2.03. The van der Waals surface area contributed by atoms with Gasteiger partial charge in [-0.15, -0.1) is 0 Å². The Labute approximate surface area is 100 Å². The molecule has 1 N–H and O–H groups in total. The smallest absolute Gasteiger partial charge is 0.213 e. The Morgan fingerprint density at radius 1 is 1.40 bits per heavy atom. The maximum atomic E-state index is 5.33. The van der Waals surface area contributed by atoms with Gasteiger partial charge in [0.1, 0.15) is 17.9 Å². The highest BCUT2D eigenvalue weighted by Crippen LogP contribution is 2.13. The van der Waals surface area contributed by atoms with E-state index in [0.29, 0.717) is 12.4 Å². The molecule has 2 heterocycles. The lowest BCUT2D eigenvalue weighted by atomic mass is 10.5. The van der Waals surface area contributed by atoms with E-state index < -0.39 is 0 Å². The third kappa shape index (κ3) is 2.65. The standard InChI is InChI=1S/C9H9IN4O/c1-6-2-12-8(15-6)4-13-9-7(10)3-11-5-14-9/h2-3,5H,4H2,1H3,(H,11,13,14). The van der Waals surface area contributed by atoms with Crippen molar-refractivity contribution in [3.63, 3.8) is 0 Å². The molecule has 6 heteroatoms. The number of nitrogens with one attached hydrogen (secondary N) is 1. The number of hydrogen-bond donors (Lipinski definition) is 1. The third-order valence-corrected chi connectivity index (χ3v) is 2.53. The Morgan fingerprint density at radius 3 is 2.93 bits per heavy atom. The molecule has 0 fully saturated rings. The lowest BCUT2D eigenvalue weighted by Gasteiger charge is -2.03. The molecular formula is C9H9IN4O. The van der Waals surface area contributed by atoms with E-state index >= 15 is 0 Å². The molecule has 0 aliphatic carbocycles. The molecule has 0 atom stereocenters. The first-order valence-electron chi connectivity index (χ1n) is 4.36. The van der Waals surface area contributed by atoms with Crippen LogP contribution < -0.4 is 5.32 Å². The summed E-state index contributed by atoms with van der Waals surface area (Å²) in [5, 5.41) is 3.13. The molecule has 2 rings (SSSR count). The van der Waals surface area contributed by atoms with Gasteiger partial charge in [-0.05, 0) is 29.5 Å². The molecule has 0 spiro atoms. The lowest BCUT2D eigenvalue weighted by molar-refractivity contribution is 0.478. The van der Waals surface area contributed by atoms with Crippen LogP contribution in [0.5, 0.6) is 0 Å². The second-order valence-corrected chi connectivity index (χ2v) is 4.10. The first-order chi connectivity index (χ1) is 7.25. The van der Waals surface area contributed by atoms with E-state index in [4.69, 9.17) is 4.42 Å². The molecule has 0 saturated carbocycles. The molecule has 0 unspecified atom stereocenters. The second-order valence-electron chi connectivity index (χ2n) is 2.94. The third-order valence-electron chi connectivity index (χ3n) is 1.74. The second kappa shape index (κ2) is 4.56. The van der Waals surface area contributed by atoms with Crippen molar-refractivity contribution < 1.29 is 4.42 Å². The van der Waals surface area contributed by atoms with Crippen molar-refractivity contribution in [1.29, 1.82) is 0 Å².